The highest BCUT2D eigenvalue weighted by atomic mass is 19.1. The molecule has 92 valence electrons. The summed E-state index contributed by atoms with van der Waals surface area (Å²) in [5.41, 5.74) is 1.71. The van der Waals surface area contributed by atoms with Crippen LogP contribution >= 0.6 is 0 Å². The molecule has 0 N–H and O–H groups in total. The molecule has 0 spiro atoms. The third-order valence-electron chi connectivity index (χ3n) is 4.95. The summed E-state index contributed by atoms with van der Waals surface area (Å²) in [6.07, 6.45) is 5.43. The molecule has 16 heavy (non-hydrogen) atoms. The normalized spacial score (nSPS) is 44.1. The van der Waals surface area contributed by atoms with Crippen molar-refractivity contribution in [3.63, 3.8) is 0 Å². The van der Waals surface area contributed by atoms with Crippen LogP contribution in [0.3, 0.4) is 0 Å². The largest absolute Gasteiger partial charge is 0.247 e. The molecule has 0 aliphatic heterocycles. The molecule has 0 amide bonds. The fourth-order valence-corrected chi connectivity index (χ4v) is 4.38. The van der Waals surface area contributed by atoms with Gasteiger partial charge >= 0.3 is 0 Å². The molecule has 1 heteroatoms. The van der Waals surface area contributed by atoms with Gasteiger partial charge in [-0.2, -0.15) is 0 Å². The Morgan fingerprint density at radius 2 is 2.12 bits per heavy atom. The summed E-state index contributed by atoms with van der Waals surface area (Å²) in [5, 5.41) is 0. The van der Waals surface area contributed by atoms with Crippen LogP contribution in [0.1, 0.15) is 53.4 Å². The van der Waals surface area contributed by atoms with Gasteiger partial charge in [0.25, 0.3) is 0 Å². The number of hydrogen-bond acceptors (Lipinski definition) is 0. The summed E-state index contributed by atoms with van der Waals surface area (Å²) in [5.74, 6) is 2.20. The molecule has 1 saturated carbocycles. The molecule has 2 unspecified atom stereocenters. The second-order valence-corrected chi connectivity index (χ2v) is 6.47. The maximum Gasteiger partial charge on any atom is 0.104 e. The van der Waals surface area contributed by atoms with Gasteiger partial charge in [-0.25, -0.2) is 4.39 Å². The Kier molecular flexibility index (Phi) is 3.16. The molecule has 0 saturated heterocycles. The van der Waals surface area contributed by atoms with Crippen LogP contribution in [0.2, 0.25) is 0 Å². The Labute approximate surface area is 99.3 Å². The molecule has 4 atom stereocenters. The average Bonchev–Trinajstić information content (AvgIpc) is 2.18. The van der Waals surface area contributed by atoms with E-state index in [1.807, 2.05) is 0 Å². The van der Waals surface area contributed by atoms with Crippen molar-refractivity contribution in [1.29, 1.82) is 0 Å². The quantitative estimate of drug-likeness (QED) is 0.564. The molecule has 2 aliphatic carbocycles. The van der Waals surface area contributed by atoms with E-state index in [2.05, 4.69) is 33.8 Å². The van der Waals surface area contributed by atoms with Crippen molar-refractivity contribution in [2.45, 2.75) is 59.5 Å². The van der Waals surface area contributed by atoms with Crippen LogP contribution in [0.4, 0.5) is 4.39 Å². The van der Waals surface area contributed by atoms with Gasteiger partial charge in [-0.3, -0.25) is 0 Å². The monoisotopic (exact) mass is 224 g/mol. The lowest BCUT2D eigenvalue weighted by atomic mass is 9.54. The van der Waals surface area contributed by atoms with Crippen LogP contribution in [0.15, 0.2) is 11.6 Å². The summed E-state index contributed by atoms with van der Waals surface area (Å²) in [6.45, 7) is 9.41. The van der Waals surface area contributed by atoms with Gasteiger partial charge in [0, 0.05) is 6.42 Å². The average molecular weight is 224 g/mol. The molecule has 2 aliphatic rings. The van der Waals surface area contributed by atoms with Crippen LogP contribution in [-0.4, -0.2) is 6.17 Å². The molecule has 0 radical (unpaired) electrons. The van der Waals surface area contributed by atoms with Crippen molar-refractivity contribution in [3.8, 4) is 0 Å². The number of rotatable bonds is 1. The van der Waals surface area contributed by atoms with Gasteiger partial charge in [-0.15, -0.1) is 0 Å². The summed E-state index contributed by atoms with van der Waals surface area (Å²) in [4.78, 5) is 0. The van der Waals surface area contributed by atoms with Gasteiger partial charge in [-0.05, 0) is 42.4 Å². The Morgan fingerprint density at radius 3 is 2.75 bits per heavy atom. The number of alkyl halides is 1. The van der Waals surface area contributed by atoms with E-state index in [0.717, 1.165) is 31.1 Å². The lowest BCUT2D eigenvalue weighted by molar-refractivity contribution is 0.0560. The lowest BCUT2D eigenvalue weighted by Gasteiger charge is -2.51. The smallest absolute Gasteiger partial charge is 0.104 e. The van der Waals surface area contributed by atoms with Crippen molar-refractivity contribution < 1.29 is 4.39 Å². The molecule has 0 aromatic heterocycles. The fraction of sp³-hybridized carbons (Fsp3) is 0.867. The van der Waals surface area contributed by atoms with Crippen molar-refractivity contribution in [2.75, 3.05) is 0 Å². The zero-order valence-corrected chi connectivity index (χ0v) is 11.1. The topological polar surface area (TPSA) is 0 Å². The second kappa shape index (κ2) is 4.16. The first kappa shape index (κ1) is 12.1. The van der Waals surface area contributed by atoms with Crippen LogP contribution in [0, 0.1) is 23.2 Å². The molecule has 0 heterocycles. The van der Waals surface area contributed by atoms with E-state index >= 15 is 0 Å². The Morgan fingerprint density at radius 1 is 1.44 bits per heavy atom. The van der Waals surface area contributed by atoms with Gasteiger partial charge in [0.15, 0.2) is 0 Å². The number of fused-ring (bicyclic) bond motifs is 1. The zero-order chi connectivity index (χ0) is 11.9. The molecule has 0 aromatic carbocycles. The maximum absolute atomic E-state index is 13.5. The first-order valence-electron chi connectivity index (χ1n) is 6.78. The van der Waals surface area contributed by atoms with Crippen molar-refractivity contribution in [1.82, 2.24) is 0 Å². The Balaban J connectivity index is 2.32. The van der Waals surface area contributed by atoms with Crippen LogP contribution in [0.5, 0.6) is 0 Å². The van der Waals surface area contributed by atoms with E-state index in [-0.39, 0.29) is 5.41 Å². The highest BCUT2D eigenvalue weighted by Gasteiger charge is 2.46. The van der Waals surface area contributed by atoms with Gasteiger partial charge in [0.1, 0.15) is 6.17 Å². The van der Waals surface area contributed by atoms with E-state index in [0.29, 0.717) is 12.3 Å². The van der Waals surface area contributed by atoms with E-state index in [4.69, 9.17) is 0 Å². The highest BCUT2D eigenvalue weighted by Crippen LogP contribution is 2.55. The minimum Gasteiger partial charge on any atom is -0.247 e. The van der Waals surface area contributed by atoms with Crippen LogP contribution in [0.25, 0.3) is 0 Å². The van der Waals surface area contributed by atoms with Gasteiger partial charge < -0.3 is 0 Å². The summed E-state index contributed by atoms with van der Waals surface area (Å²) in [6, 6.07) is 0. The number of hydrogen-bond donors (Lipinski definition) is 0. The van der Waals surface area contributed by atoms with Crippen molar-refractivity contribution >= 4 is 0 Å². The van der Waals surface area contributed by atoms with Gasteiger partial charge in [0.2, 0.25) is 0 Å². The molecule has 2 rings (SSSR count). The summed E-state index contributed by atoms with van der Waals surface area (Å²) in [7, 11) is 0. The van der Waals surface area contributed by atoms with E-state index in [9.17, 15) is 4.39 Å². The van der Waals surface area contributed by atoms with Gasteiger partial charge in [-0.1, -0.05) is 39.3 Å². The van der Waals surface area contributed by atoms with Crippen LogP contribution < -0.4 is 0 Å². The molecule has 0 bridgehead atoms. The predicted molar refractivity (Wildman–Crippen MR) is 67.0 cm³/mol. The molecule has 0 aromatic rings. The molecule has 0 nitrogen and oxygen atoms in total. The number of allylic oxidation sites excluding steroid dienone is 2. The zero-order valence-electron chi connectivity index (χ0n) is 11.1. The highest BCUT2D eigenvalue weighted by molar-refractivity contribution is 5.23. The third-order valence-corrected chi connectivity index (χ3v) is 4.95. The second-order valence-electron chi connectivity index (χ2n) is 6.47. The minimum atomic E-state index is -0.583. The molecular formula is C15H25F. The standard InChI is InChI=1S/C15H25F/c1-10(2)14-11(3)5-6-12-9-13(16)7-8-15(12,14)4/h6,10-11,13-14H,5,7-9H2,1-4H3/t11?,13-,14?,15-/m0/s1. The minimum absolute atomic E-state index is 0.286. The summed E-state index contributed by atoms with van der Waals surface area (Å²) < 4.78 is 13.5. The lowest BCUT2D eigenvalue weighted by Crippen LogP contribution is -2.43. The first-order chi connectivity index (χ1) is 7.45. The first-order valence-corrected chi connectivity index (χ1v) is 6.78. The molecule has 1 fully saturated rings. The Hall–Kier alpha value is -0.330. The summed E-state index contributed by atoms with van der Waals surface area (Å²) >= 11 is 0. The van der Waals surface area contributed by atoms with Crippen molar-refractivity contribution in [3.05, 3.63) is 11.6 Å². The maximum atomic E-state index is 13.5. The van der Waals surface area contributed by atoms with E-state index in [1.165, 1.54) is 5.57 Å². The fourth-order valence-electron chi connectivity index (χ4n) is 4.38. The third kappa shape index (κ3) is 1.83. The Bertz CT molecular complexity index is 292. The number of halogens is 1. The van der Waals surface area contributed by atoms with E-state index < -0.39 is 6.17 Å². The molecular weight excluding hydrogens is 199 g/mol. The van der Waals surface area contributed by atoms with E-state index in [1.54, 1.807) is 0 Å². The van der Waals surface area contributed by atoms with Crippen molar-refractivity contribution in [2.24, 2.45) is 23.2 Å². The van der Waals surface area contributed by atoms with Crippen LogP contribution in [-0.2, 0) is 0 Å². The van der Waals surface area contributed by atoms with Gasteiger partial charge in [0.05, 0.1) is 0 Å². The SMILES string of the molecule is CC(C)C1C(C)CC=C2C[C@@H](F)CC[C@@]21C. The predicted octanol–water partition coefficient (Wildman–Crippen LogP) is 4.75.